The Kier molecular flexibility index (Phi) is 6.57. The topological polar surface area (TPSA) is 147 Å². The van der Waals surface area contributed by atoms with E-state index >= 15 is 0 Å². The highest BCUT2D eigenvalue weighted by molar-refractivity contribution is 7.99. The summed E-state index contributed by atoms with van der Waals surface area (Å²) in [5.74, 6) is 0.117. The Morgan fingerprint density at radius 3 is 2.79 bits per heavy atom. The van der Waals surface area contributed by atoms with Crippen LogP contribution in [0.25, 0.3) is 0 Å². The Balaban J connectivity index is 1.47. The lowest BCUT2D eigenvalue weighted by atomic mass is 10.0. The van der Waals surface area contributed by atoms with E-state index in [-0.39, 0.29) is 35.3 Å². The van der Waals surface area contributed by atoms with Gasteiger partial charge in [0.05, 0.1) is 23.0 Å². The first-order valence-electron chi connectivity index (χ1n) is 9.72. The number of nitrogens with one attached hydrogen (secondary N) is 1. The zero-order chi connectivity index (χ0) is 23.5. The fraction of sp³-hybridized carbons (Fsp3) is 0.300. The number of aliphatic carboxylic acids is 1. The number of terminal acetylenes is 1. The number of aromatic nitrogens is 4. The highest BCUT2D eigenvalue weighted by Crippen LogP contribution is 2.36. The molecule has 3 atom stereocenters. The molecule has 11 nitrogen and oxygen atoms in total. The number of tetrazole rings is 1. The minimum atomic E-state index is -1.60. The molecule has 2 aromatic rings. The minimum Gasteiger partial charge on any atom is -0.477 e. The van der Waals surface area contributed by atoms with Crippen LogP contribution < -0.4 is 5.32 Å². The third-order valence-corrected chi connectivity index (χ3v) is 7.54. The monoisotopic (exact) mass is 486 g/mol. The number of carboxylic acids is 1. The fourth-order valence-corrected chi connectivity index (χ4v) is 6.16. The standard InChI is InChI=1S/C20H18N6O5S2/c1-2-8-25-23-20(22-24-25)32-10-13-11-33(31)18-15(17(28)26(18)16(13)19(29)30)21-14(27)9-12-6-4-3-5-7-12/h1,3-7,15,18H,8-11H2,(H,21,27)(H,29,30)/t15?,18-,33?/m0/s1. The lowest BCUT2D eigenvalue weighted by molar-refractivity contribution is -0.150. The molecule has 0 saturated carbocycles. The number of thioether (sulfide) groups is 1. The largest absolute Gasteiger partial charge is 0.477 e. The van der Waals surface area contributed by atoms with Crippen molar-refractivity contribution in [3.05, 3.63) is 47.2 Å². The molecule has 1 fully saturated rings. The molecule has 1 saturated heterocycles. The first kappa shape index (κ1) is 22.7. The van der Waals surface area contributed by atoms with Crippen molar-refractivity contribution in [1.82, 2.24) is 30.4 Å². The molecule has 2 amide bonds. The summed E-state index contributed by atoms with van der Waals surface area (Å²) >= 11 is 1.10. The first-order valence-corrected chi connectivity index (χ1v) is 12.1. The van der Waals surface area contributed by atoms with E-state index in [1.54, 1.807) is 24.3 Å². The van der Waals surface area contributed by atoms with Crippen molar-refractivity contribution in [2.45, 2.75) is 29.5 Å². The molecule has 0 bridgehead atoms. The third kappa shape index (κ3) is 4.67. The van der Waals surface area contributed by atoms with Gasteiger partial charge < -0.3 is 10.4 Å². The summed E-state index contributed by atoms with van der Waals surface area (Å²) in [6, 6.07) is 7.94. The average Bonchev–Trinajstić information content (AvgIpc) is 3.24. The van der Waals surface area contributed by atoms with Gasteiger partial charge in [-0.3, -0.25) is 18.7 Å². The van der Waals surface area contributed by atoms with Crippen molar-refractivity contribution < 1.29 is 23.7 Å². The van der Waals surface area contributed by atoms with Gasteiger partial charge in [0.1, 0.15) is 23.7 Å². The van der Waals surface area contributed by atoms with Gasteiger partial charge in [-0.2, -0.15) is 4.80 Å². The van der Waals surface area contributed by atoms with Gasteiger partial charge in [0, 0.05) is 5.75 Å². The molecule has 1 aromatic carbocycles. The van der Waals surface area contributed by atoms with E-state index in [0.717, 1.165) is 22.2 Å². The van der Waals surface area contributed by atoms with E-state index in [0.29, 0.717) is 5.57 Å². The molecule has 0 spiro atoms. The lowest BCUT2D eigenvalue weighted by Gasteiger charge is -2.49. The van der Waals surface area contributed by atoms with Gasteiger partial charge >= 0.3 is 5.97 Å². The lowest BCUT2D eigenvalue weighted by Crippen LogP contribution is -2.73. The van der Waals surface area contributed by atoms with Gasteiger partial charge in [-0.1, -0.05) is 48.0 Å². The van der Waals surface area contributed by atoms with Crippen LogP contribution in [0.2, 0.25) is 0 Å². The Bertz CT molecular complexity index is 1210. The first-order chi connectivity index (χ1) is 15.9. The second kappa shape index (κ2) is 9.55. The fourth-order valence-electron chi connectivity index (χ4n) is 3.56. The molecule has 2 aliphatic heterocycles. The zero-order valence-electron chi connectivity index (χ0n) is 17.1. The highest BCUT2D eigenvalue weighted by atomic mass is 32.2. The number of nitrogens with zero attached hydrogens (tertiary/aromatic N) is 5. The Morgan fingerprint density at radius 2 is 2.09 bits per heavy atom. The number of carbonyl (C=O) groups is 3. The van der Waals surface area contributed by atoms with Crippen LogP contribution in [0.15, 0.2) is 46.8 Å². The smallest absolute Gasteiger partial charge is 0.352 e. The minimum absolute atomic E-state index is 0.0490. The number of hydrogen-bond donors (Lipinski definition) is 2. The summed E-state index contributed by atoms with van der Waals surface area (Å²) in [5.41, 5.74) is 0.862. The number of rotatable bonds is 8. The molecule has 2 aliphatic rings. The molecular weight excluding hydrogens is 468 g/mol. The third-order valence-electron chi connectivity index (χ3n) is 4.97. The molecule has 0 aliphatic carbocycles. The molecule has 2 N–H and O–H groups in total. The average molecular weight is 487 g/mol. The highest BCUT2D eigenvalue weighted by Gasteiger charge is 2.57. The zero-order valence-corrected chi connectivity index (χ0v) is 18.7. The molecule has 2 unspecified atom stereocenters. The van der Waals surface area contributed by atoms with Crippen LogP contribution in [0.1, 0.15) is 5.56 Å². The van der Waals surface area contributed by atoms with Crippen LogP contribution in [0.3, 0.4) is 0 Å². The Hall–Kier alpha value is -3.50. The Morgan fingerprint density at radius 1 is 1.33 bits per heavy atom. The number of carboxylic acid groups (broad SMARTS) is 1. The Labute approximate surface area is 195 Å². The van der Waals surface area contributed by atoms with Crippen molar-refractivity contribution in [3.8, 4) is 12.3 Å². The predicted molar refractivity (Wildman–Crippen MR) is 118 cm³/mol. The maximum Gasteiger partial charge on any atom is 0.352 e. The maximum absolute atomic E-state index is 12.9. The van der Waals surface area contributed by atoms with Crippen LogP contribution >= 0.6 is 11.8 Å². The van der Waals surface area contributed by atoms with E-state index < -0.39 is 40.0 Å². The van der Waals surface area contributed by atoms with E-state index in [1.807, 2.05) is 6.07 Å². The second-order valence-corrected chi connectivity index (χ2v) is 9.66. The summed E-state index contributed by atoms with van der Waals surface area (Å²) in [7, 11) is -1.60. The van der Waals surface area contributed by atoms with Crippen LogP contribution in [-0.2, 0) is 38.1 Å². The van der Waals surface area contributed by atoms with Crippen molar-refractivity contribution in [2.24, 2.45) is 0 Å². The van der Waals surface area contributed by atoms with Crippen LogP contribution in [0.5, 0.6) is 0 Å². The van der Waals surface area contributed by atoms with Gasteiger partial charge in [0.15, 0.2) is 0 Å². The van der Waals surface area contributed by atoms with Gasteiger partial charge in [-0.25, -0.2) is 4.79 Å². The number of carbonyl (C=O) groups excluding carboxylic acids is 2. The molecule has 3 heterocycles. The second-order valence-electron chi connectivity index (χ2n) is 7.18. The van der Waals surface area contributed by atoms with E-state index in [9.17, 15) is 23.7 Å². The number of benzene rings is 1. The van der Waals surface area contributed by atoms with Gasteiger partial charge in [0.25, 0.3) is 5.91 Å². The van der Waals surface area contributed by atoms with E-state index in [4.69, 9.17) is 6.42 Å². The number of fused-ring (bicyclic) bond motifs is 1. The van der Waals surface area contributed by atoms with Crippen LogP contribution in [0.4, 0.5) is 0 Å². The predicted octanol–water partition coefficient (Wildman–Crippen LogP) is -0.605. The molecule has 4 rings (SSSR count). The SMILES string of the molecule is C#CCn1nnc(SCC2=C(C(=O)O)N3C(=O)C(NC(=O)Cc4ccccc4)[C@@H]3S(=O)C2)n1. The van der Waals surface area contributed by atoms with E-state index in [1.165, 1.54) is 4.80 Å². The quantitative estimate of drug-likeness (QED) is 0.283. The van der Waals surface area contributed by atoms with E-state index in [2.05, 4.69) is 26.6 Å². The van der Waals surface area contributed by atoms with Crippen LogP contribution in [-0.4, -0.2) is 75.1 Å². The molecular formula is C20H18N6O5S2. The summed E-state index contributed by atoms with van der Waals surface area (Å²) < 4.78 is 12.9. The van der Waals surface area contributed by atoms with Crippen molar-refractivity contribution in [1.29, 1.82) is 0 Å². The van der Waals surface area contributed by atoms with Crippen molar-refractivity contribution in [2.75, 3.05) is 11.5 Å². The van der Waals surface area contributed by atoms with Crippen molar-refractivity contribution >= 4 is 40.3 Å². The molecule has 0 radical (unpaired) electrons. The number of β-lactam (4-membered cyclic amide) rings is 1. The van der Waals surface area contributed by atoms with Gasteiger partial charge in [-0.15, -0.1) is 16.6 Å². The summed E-state index contributed by atoms with van der Waals surface area (Å²) in [6.07, 6.45) is 5.26. The molecule has 1 aromatic heterocycles. The van der Waals surface area contributed by atoms with Gasteiger partial charge in [-0.05, 0) is 16.3 Å². The summed E-state index contributed by atoms with van der Waals surface area (Å²) in [5, 5.41) is 23.4. The number of amides is 2. The molecule has 33 heavy (non-hydrogen) atoms. The molecule has 170 valence electrons. The van der Waals surface area contributed by atoms with Crippen LogP contribution in [0, 0.1) is 12.3 Å². The van der Waals surface area contributed by atoms with Crippen molar-refractivity contribution in [3.63, 3.8) is 0 Å². The molecule has 13 heteroatoms. The summed E-state index contributed by atoms with van der Waals surface area (Å²) in [4.78, 5) is 39.3. The van der Waals surface area contributed by atoms with Gasteiger partial charge in [0.2, 0.25) is 11.1 Å². The number of hydrogen-bond acceptors (Lipinski definition) is 8. The summed E-state index contributed by atoms with van der Waals surface area (Å²) in [6.45, 7) is 0.141. The normalized spacial score (nSPS) is 21.7. The maximum atomic E-state index is 12.9.